The second kappa shape index (κ2) is 8.02. The Balaban J connectivity index is 1.90. The summed E-state index contributed by atoms with van der Waals surface area (Å²) in [7, 11) is 0. The summed E-state index contributed by atoms with van der Waals surface area (Å²) in [5, 5.41) is 0. The number of benzene rings is 2. The molecule has 0 unspecified atom stereocenters. The molecule has 9 heteroatoms. The number of halogens is 3. The molecule has 0 N–H and O–H groups in total. The van der Waals surface area contributed by atoms with Gasteiger partial charge in [-0.1, -0.05) is 18.2 Å². The van der Waals surface area contributed by atoms with Gasteiger partial charge >= 0.3 is 6.36 Å². The van der Waals surface area contributed by atoms with Crippen LogP contribution in [0.4, 0.5) is 13.2 Å². The predicted molar refractivity (Wildman–Crippen MR) is 101 cm³/mol. The summed E-state index contributed by atoms with van der Waals surface area (Å²) in [6.07, 6.45) is -6.66. The van der Waals surface area contributed by atoms with Gasteiger partial charge in [0, 0.05) is 12.3 Å². The van der Waals surface area contributed by atoms with Gasteiger partial charge in [0.2, 0.25) is 0 Å². The first-order valence-corrected chi connectivity index (χ1v) is 8.17. The van der Waals surface area contributed by atoms with Crippen LogP contribution in [0.3, 0.4) is 0 Å². The van der Waals surface area contributed by atoms with E-state index in [1.165, 1.54) is 0 Å². The Kier molecular flexibility index (Phi) is 2.93. The first-order valence-electron chi connectivity index (χ1n) is 13.2. The molecular weight excluding hydrogens is 399 g/mol. The Bertz CT molecular complexity index is 1500. The standard InChI is InChI=1S/C21H16F3N3O3/c22-21(23,24)30-16-5-2-14(3-6-16)15-4-7-18-17(12-15)20(28)27(10-11-29-18)13-19-25-8-1-9-26-19/h1-9,12H,10-11,13H2/i1D,4D,7D,8D,9D,11D2,12D,13D2. The van der Waals surface area contributed by atoms with E-state index in [9.17, 15) is 18.0 Å². The number of carbonyl (C=O) groups is 1. The molecule has 30 heavy (non-hydrogen) atoms. The number of aromatic nitrogens is 2. The predicted octanol–water partition coefficient (Wildman–Crippen LogP) is 4.08. The van der Waals surface area contributed by atoms with E-state index in [0.29, 0.717) is 0 Å². The molecule has 0 fully saturated rings. The monoisotopic (exact) mass is 425 g/mol. The van der Waals surface area contributed by atoms with Gasteiger partial charge in [-0.2, -0.15) is 0 Å². The number of carbonyl (C=O) groups excluding carboxylic acids is 1. The molecule has 3 aromatic rings. The highest BCUT2D eigenvalue weighted by Gasteiger charge is 2.31. The lowest BCUT2D eigenvalue weighted by Crippen LogP contribution is -2.32. The van der Waals surface area contributed by atoms with Crippen LogP contribution in [-0.4, -0.2) is 40.2 Å². The average molecular weight is 425 g/mol. The fourth-order valence-corrected chi connectivity index (χ4v) is 2.44. The summed E-state index contributed by atoms with van der Waals surface area (Å²) in [6.45, 7) is -7.16. The minimum atomic E-state index is -4.99. The number of nitrogens with zero attached hydrogens (tertiary/aromatic N) is 3. The summed E-state index contributed by atoms with van der Waals surface area (Å²) < 4.78 is 128. The van der Waals surface area contributed by atoms with Crippen LogP contribution in [0.15, 0.2) is 60.8 Å². The molecule has 6 nitrogen and oxygen atoms in total. The third-order valence-corrected chi connectivity index (χ3v) is 3.68. The van der Waals surface area contributed by atoms with Gasteiger partial charge in [-0.25, -0.2) is 9.97 Å². The normalized spacial score (nSPS) is 20.9. The number of ether oxygens (including phenoxy) is 2. The van der Waals surface area contributed by atoms with Gasteiger partial charge in [0.25, 0.3) is 5.91 Å². The fourth-order valence-electron chi connectivity index (χ4n) is 2.44. The molecule has 0 bridgehead atoms. The third-order valence-electron chi connectivity index (χ3n) is 3.68. The SMILES string of the molecule is [2H]c1nc(C([2H])([2H])N2CC([2H])([2H])Oc3c([2H])c([2H])c(-c4ccc(OC(F)(F)F)cc4)c([2H])c3C2=O)nc([2H])c1[2H]. The van der Waals surface area contributed by atoms with Gasteiger partial charge in [-0.3, -0.25) is 4.79 Å². The number of alkyl halides is 3. The Morgan fingerprint density at radius 3 is 2.63 bits per heavy atom. The molecule has 0 saturated carbocycles. The number of amides is 1. The molecule has 2 heterocycles. The van der Waals surface area contributed by atoms with E-state index in [2.05, 4.69) is 14.7 Å². The third kappa shape index (κ3) is 4.51. The fraction of sp³-hybridized carbons (Fsp3) is 0.190. The van der Waals surface area contributed by atoms with Crippen LogP contribution in [0.25, 0.3) is 11.1 Å². The minimum absolute atomic E-state index is 0.0810. The second-order valence-corrected chi connectivity index (χ2v) is 5.67. The molecule has 0 spiro atoms. The number of hydrogen-bond acceptors (Lipinski definition) is 5. The van der Waals surface area contributed by atoms with Crippen molar-refractivity contribution in [1.82, 2.24) is 14.9 Å². The van der Waals surface area contributed by atoms with Crippen LogP contribution in [0, 0.1) is 0 Å². The Morgan fingerprint density at radius 1 is 1.20 bits per heavy atom. The summed E-state index contributed by atoms with van der Waals surface area (Å²) in [6, 6.07) is 0.725. The van der Waals surface area contributed by atoms with E-state index in [0.717, 1.165) is 24.3 Å². The first kappa shape index (κ1) is 11.0. The van der Waals surface area contributed by atoms with Crippen molar-refractivity contribution >= 4 is 5.91 Å². The van der Waals surface area contributed by atoms with Gasteiger partial charge in [-0.05, 0) is 41.4 Å². The Hall–Kier alpha value is -3.62. The second-order valence-electron chi connectivity index (χ2n) is 5.67. The summed E-state index contributed by atoms with van der Waals surface area (Å²) in [5.41, 5.74) is -1.33. The highest BCUT2D eigenvalue weighted by molar-refractivity contribution is 5.98. The number of hydrogen-bond donors (Lipinski definition) is 0. The zero-order valence-electron chi connectivity index (χ0n) is 24.7. The van der Waals surface area contributed by atoms with E-state index in [-0.39, 0.29) is 10.5 Å². The quantitative estimate of drug-likeness (QED) is 0.630. The lowest BCUT2D eigenvalue weighted by atomic mass is 10.0. The topological polar surface area (TPSA) is 64.6 Å². The van der Waals surface area contributed by atoms with Crippen molar-refractivity contribution in [2.24, 2.45) is 0 Å². The van der Waals surface area contributed by atoms with Crippen LogP contribution in [0.2, 0.25) is 0 Å². The average Bonchev–Trinajstić information content (AvgIpc) is 2.94. The van der Waals surface area contributed by atoms with Crippen LogP contribution < -0.4 is 9.47 Å². The van der Waals surface area contributed by atoms with Crippen molar-refractivity contribution in [2.75, 3.05) is 13.1 Å². The van der Waals surface area contributed by atoms with Gasteiger partial charge in [0.05, 0.1) is 32.3 Å². The van der Waals surface area contributed by atoms with Gasteiger partial charge < -0.3 is 14.4 Å². The van der Waals surface area contributed by atoms with Crippen molar-refractivity contribution in [2.45, 2.75) is 12.9 Å². The minimum Gasteiger partial charge on any atom is -0.491 e. The molecule has 2 aromatic carbocycles. The molecule has 1 amide bonds. The molecule has 154 valence electrons. The van der Waals surface area contributed by atoms with Crippen molar-refractivity contribution in [3.63, 3.8) is 0 Å². The van der Waals surface area contributed by atoms with E-state index < -0.39 is 96.8 Å². The molecule has 1 aromatic heterocycles. The van der Waals surface area contributed by atoms with E-state index >= 15 is 0 Å². The van der Waals surface area contributed by atoms with E-state index in [4.69, 9.17) is 18.4 Å². The maximum absolute atomic E-state index is 13.7. The van der Waals surface area contributed by atoms with Crippen molar-refractivity contribution < 1.29 is 41.1 Å². The largest absolute Gasteiger partial charge is 0.573 e. The van der Waals surface area contributed by atoms with Crippen LogP contribution in [0.5, 0.6) is 11.5 Å². The molecule has 1 aliphatic rings. The van der Waals surface area contributed by atoms with Gasteiger partial charge in [0.15, 0.2) is 0 Å². The maximum Gasteiger partial charge on any atom is 0.573 e. The van der Waals surface area contributed by atoms with Crippen molar-refractivity contribution in [3.05, 3.63) is 72.2 Å². The Morgan fingerprint density at radius 2 is 1.93 bits per heavy atom. The zero-order chi connectivity index (χ0) is 29.9. The van der Waals surface area contributed by atoms with E-state index in [1.807, 2.05) is 0 Å². The smallest absolute Gasteiger partial charge is 0.491 e. The summed E-state index contributed by atoms with van der Waals surface area (Å²) >= 11 is 0. The van der Waals surface area contributed by atoms with Crippen LogP contribution in [0.1, 0.15) is 29.9 Å². The lowest BCUT2D eigenvalue weighted by Gasteiger charge is -2.19. The van der Waals surface area contributed by atoms with Crippen LogP contribution in [-0.2, 0) is 6.50 Å². The highest BCUT2D eigenvalue weighted by atomic mass is 19.4. The van der Waals surface area contributed by atoms with Crippen LogP contribution >= 0.6 is 0 Å². The van der Waals surface area contributed by atoms with Gasteiger partial charge in [-0.15, -0.1) is 13.2 Å². The van der Waals surface area contributed by atoms with E-state index in [1.54, 1.807) is 0 Å². The molecular formula is C21H16F3N3O3. The van der Waals surface area contributed by atoms with Crippen molar-refractivity contribution in [3.8, 4) is 22.6 Å². The summed E-state index contributed by atoms with van der Waals surface area (Å²) in [5.74, 6) is -3.78. The number of rotatable bonds is 4. The molecule has 0 saturated heterocycles. The van der Waals surface area contributed by atoms with Crippen molar-refractivity contribution in [1.29, 1.82) is 0 Å². The maximum atomic E-state index is 13.7. The molecule has 1 aliphatic heterocycles. The molecule has 0 aliphatic carbocycles. The molecule has 0 atom stereocenters. The first-order chi connectivity index (χ1) is 18.3. The highest BCUT2D eigenvalue weighted by Crippen LogP contribution is 2.31. The number of fused-ring (bicyclic) bond motifs is 1. The van der Waals surface area contributed by atoms with Gasteiger partial charge in [0.1, 0.15) is 23.9 Å². The molecule has 0 radical (unpaired) electrons. The zero-order valence-corrected chi connectivity index (χ0v) is 14.7. The lowest BCUT2D eigenvalue weighted by molar-refractivity contribution is -0.274. The summed E-state index contributed by atoms with van der Waals surface area (Å²) in [4.78, 5) is 21.0. The molecule has 4 rings (SSSR count). The Labute approximate surface area is 183 Å².